The molecule has 0 aliphatic carbocycles. The molecule has 0 spiro atoms. The zero-order valence-corrected chi connectivity index (χ0v) is 14.7. The first kappa shape index (κ1) is 17.2. The Morgan fingerprint density at radius 1 is 1.16 bits per heavy atom. The van der Waals surface area contributed by atoms with Crippen LogP contribution in [0.15, 0.2) is 48.5 Å². The molecule has 3 rings (SSSR count). The van der Waals surface area contributed by atoms with Crippen LogP contribution in [-0.4, -0.2) is 17.9 Å². The normalized spacial score (nSPS) is 17.0. The quantitative estimate of drug-likeness (QED) is 0.911. The summed E-state index contributed by atoms with van der Waals surface area (Å²) in [5.41, 5.74) is 4.37. The number of aryl methyl sites for hydroxylation is 2. The Balaban J connectivity index is 1.61. The van der Waals surface area contributed by atoms with Gasteiger partial charge in [0.15, 0.2) is 0 Å². The summed E-state index contributed by atoms with van der Waals surface area (Å²) >= 11 is 0. The second kappa shape index (κ2) is 7.51. The Kier molecular flexibility index (Phi) is 5.17. The summed E-state index contributed by atoms with van der Waals surface area (Å²) in [5, 5.41) is 2.87. The van der Waals surface area contributed by atoms with Crippen LogP contribution < -0.4 is 10.2 Å². The van der Waals surface area contributed by atoms with Crippen LogP contribution in [-0.2, 0) is 16.0 Å². The summed E-state index contributed by atoms with van der Waals surface area (Å²) in [6.45, 7) is 5.91. The predicted molar refractivity (Wildman–Crippen MR) is 99.0 cm³/mol. The third-order valence-electron chi connectivity index (χ3n) is 4.41. The molecule has 0 saturated carbocycles. The minimum absolute atomic E-state index is 0.000610. The molecule has 25 heavy (non-hydrogen) atoms. The van der Waals surface area contributed by atoms with Gasteiger partial charge >= 0.3 is 0 Å². The van der Waals surface area contributed by atoms with E-state index in [0.29, 0.717) is 19.3 Å². The van der Waals surface area contributed by atoms with Crippen LogP contribution in [0.3, 0.4) is 0 Å². The maximum Gasteiger partial charge on any atom is 0.243 e. The van der Waals surface area contributed by atoms with Crippen LogP contribution in [0.1, 0.15) is 29.5 Å². The number of nitrogens with zero attached hydrogens (tertiary/aromatic N) is 1. The van der Waals surface area contributed by atoms with Crippen LogP contribution in [0.4, 0.5) is 5.69 Å². The van der Waals surface area contributed by atoms with Crippen LogP contribution in [0.2, 0.25) is 0 Å². The van der Waals surface area contributed by atoms with E-state index in [4.69, 9.17) is 0 Å². The molecule has 129 valence electrons. The van der Waals surface area contributed by atoms with Crippen molar-refractivity contribution in [1.82, 2.24) is 5.32 Å². The molecule has 0 bridgehead atoms. The van der Waals surface area contributed by atoms with Gasteiger partial charge in [0.1, 0.15) is 6.04 Å². The molecule has 1 saturated heterocycles. The highest BCUT2D eigenvalue weighted by Crippen LogP contribution is 2.26. The van der Waals surface area contributed by atoms with Crippen LogP contribution in [0.5, 0.6) is 0 Å². The number of nitrogens with one attached hydrogen (secondary N) is 1. The van der Waals surface area contributed by atoms with E-state index < -0.39 is 6.04 Å². The Morgan fingerprint density at radius 2 is 1.84 bits per heavy atom. The van der Waals surface area contributed by atoms with E-state index in [0.717, 1.165) is 5.69 Å². The molecular weight excluding hydrogens is 312 g/mol. The Labute approximate surface area is 148 Å². The van der Waals surface area contributed by atoms with Crippen molar-refractivity contribution in [1.29, 1.82) is 0 Å². The number of carbonyl (C=O) groups excluding carboxylic acids is 2. The molecule has 1 fully saturated rings. The topological polar surface area (TPSA) is 49.4 Å². The number of amides is 2. The number of rotatable bonds is 5. The van der Waals surface area contributed by atoms with Crippen LogP contribution in [0, 0.1) is 20.4 Å². The standard InChI is InChI=1S/C21H23N2O2/c1-15-12-16(2)14-17(13-15)10-11-22-21(25)19-8-9-20(24)23(19)18-6-4-3-5-7-18/h3-7,11-14,19H,8-10H2,1-2H3,(H,22,25). The first-order valence-electron chi connectivity index (χ1n) is 8.61. The fraction of sp³-hybridized carbons (Fsp3) is 0.286. The Bertz CT molecular complexity index is 750. The van der Waals surface area contributed by atoms with Gasteiger partial charge < -0.3 is 5.32 Å². The summed E-state index contributed by atoms with van der Waals surface area (Å²) in [7, 11) is 0. The molecule has 1 unspecified atom stereocenters. The van der Waals surface area contributed by atoms with Gasteiger partial charge in [-0.2, -0.15) is 0 Å². The largest absolute Gasteiger partial charge is 0.349 e. The number of benzene rings is 2. The molecule has 2 amide bonds. The van der Waals surface area contributed by atoms with E-state index in [2.05, 4.69) is 37.4 Å². The third-order valence-corrected chi connectivity index (χ3v) is 4.41. The maximum absolute atomic E-state index is 12.6. The van der Waals surface area contributed by atoms with Crippen molar-refractivity contribution in [2.24, 2.45) is 0 Å². The van der Waals surface area contributed by atoms with E-state index in [9.17, 15) is 9.59 Å². The number of hydrogen-bond donors (Lipinski definition) is 1. The molecule has 2 aromatic rings. The summed E-state index contributed by atoms with van der Waals surface area (Å²) in [6, 6.07) is 15.3. The fourth-order valence-electron chi connectivity index (χ4n) is 3.40. The summed E-state index contributed by atoms with van der Waals surface area (Å²) in [5.74, 6) is -0.125. The Hall–Kier alpha value is -2.62. The molecular formula is C21H23N2O2. The molecule has 1 atom stereocenters. The van der Waals surface area contributed by atoms with Gasteiger partial charge in [-0.1, -0.05) is 47.5 Å². The smallest absolute Gasteiger partial charge is 0.243 e. The molecule has 4 heteroatoms. The molecule has 1 N–H and O–H groups in total. The number of hydrogen-bond acceptors (Lipinski definition) is 2. The summed E-state index contributed by atoms with van der Waals surface area (Å²) in [6.07, 6.45) is 1.63. The van der Waals surface area contributed by atoms with Crippen molar-refractivity contribution < 1.29 is 9.59 Å². The van der Waals surface area contributed by atoms with E-state index >= 15 is 0 Å². The van der Waals surface area contributed by atoms with Gasteiger partial charge in [0.25, 0.3) is 0 Å². The lowest BCUT2D eigenvalue weighted by atomic mass is 10.1. The molecule has 2 aromatic carbocycles. The summed E-state index contributed by atoms with van der Waals surface area (Å²) < 4.78 is 0. The van der Waals surface area contributed by atoms with Gasteiger partial charge in [-0.25, -0.2) is 0 Å². The van der Waals surface area contributed by atoms with Gasteiger partial charge in [-0.05, 0) is 44.4 Å². The second-order valence-electron chi connectivity index (χ2n) is 6.57. The van der Waals surface area contributed by atoms with E-state index in [1.165, 1.54) is 16.7 Å². The number of anilines is 1. The van der Waals surface area contributed by atoms with E-state index in [-0.39, 0.29) is 11.8 Å². The highest BCUT2D eigenvalue weighted by molar-refractivity contribution is 6.03. The third kappa shape index (κ3) is 4.08. The van der Waals surface area contributed by atoms with Gasteiger partial charge in [0, 0.05) is 12.1 Å². The summed E-state index contributed by atoms with van der Waals surface area (Å²) in [4.78, 5) is 26.4. The molecule has 1 aliphatic heterocycles. The van der Waals surface area contributed by atoms with E-state index in [1.807, 2.05) is 30.3 Å². The lowest BCUT2D eigenvalue weighted by Crippen LogP contribution is -2.44. The second-order valence-corrected chi connectivity index (χ2v) is 6.57. The van der Waals surface area contributed by atoms with Crippen molar-refractivity contribution in [3.63, 3.8) is 0 Å². The Morgan fingerprint density at radius 3 is 2.52 bits per heavy atom. The monoisotopic (exact) mass is 335 g/mol. The average Bonchev–Trinajstić information content (AvgIpc) is 2.96. The minimum atomic E-state index is -0.439. The highest BCUT2D eigenvalue weighted by atomic mass is 16.2. The van der Waals surface area contributed by atoms with Gasteiger partial charge in [0.05, 0.1) is 6.54 Å². The van der Waals surface area contributed by atoms with Gasteiger partial charge in [-0.3, -0.25) is 14.5 Å². The van der Waals surface area contributed by atoms with Gasteiger partial charge in [-0.15, -0.1) is 0 Å². The van der Waals surface area contributed by atoms with Gasteiger partial charge in [0.2, 0.25) is 11.8 Å². The molecule has 1 radical (unpaired) electrons. The number of carbonyl (C=O) groups is 2. The van der Waals surface area contributed by atoms with Crippen molar-refractivity contribution in [3.05, 3.63) is 71.8 Å². The van der Waals surface area contributed by atoms with Crippen molar-refractivity contribution in [2.75, 3.05) is 4.90 Å². The lowest BCUT2D eigenvalue weighted by molar-refractivity contribution is -0.123. The van der Waals surface area contributed by atoms with Crippen LogP contribution in [0.25, 0.3) is 0 Å². The molecule has 0 aromatic heterocycles. The van der Waals surface area contributed by atoms with Crippen molar-refractivity contribution >= 4 is 17.5 Å². The SMILES string of the molecule is Cc1cc(C)cc(C[CH]NC(=O)C2CCC(=O)N2c2ccccc2)c1. The van der Waals surface area contributed by atoms with Crippen molar-refractivity contribution in [3.8, 4) is 0 Å². The lowest BCUT2D eigenvalue weighted by Gasteiger charge is -2.24. The molecule has 4 nitrogen and oxygen atoms in total. The maximum atomic E-state index is 12.6. The fourth-order valence-corrected chi connectivity index (χ4v) is 3.40. The van der Waals surface area contributed by atoms with Crippen molar-refractivity contribution in [2.45, 2.75) is 39.2 Å². The first-order valence-corrected chi connectivity index (χ1v) is 8.61. The minimum Gasteiger partial charge on any atom is -0.349 e. The average molecular weight is 335 g/mol. The number of para-hydroxylation sites is 1. The van der Waals surface area contributed by atoms with Crippen LogP contribution >= 0.6 is 0 Å². The van der Waals surface area contributed by atoms with E-state index in [1.54, 1.807) is 11.4 Å². The predicted octanol–water partition coefficient (Wildman–Crippen LogP) is 3.32. The zero-order chi connectivity index (χ0) is 17.8. The molecule has 1 heterocycles. The first-order chi connectivity index (χ1) is 12.0. The zero-order valence-electron chi connectivity index (χ0n) is 14.7. The molecule has 1 aliphatic rings. The highest BCUT2D eigenvalue weighted by Gasteiger charge is 2.36.